The fourth-order valence-corrected chi connectivity index (χ4v) is 3.79. The lowest BCUT2D eigenvalue weighted by molar-refractivity contribution is -0.148. The van der Waals surface area contributed by atoms with Crippen LogP contribution in [-0.4, -0.2) is 43.6 Å². The molecule has 1 fully saturated rings. The van der Waals surface area contributed by atoms with Gasteiger partial charge in [0.05, 0.1) is 0 Å². The molecule has 0 bridgehead atoms. The first-order chi connectivity index (χ1) is 13.6. The van der Waals surface area contributed by atoms with E-state index in [0.717, 1.165) is 44.6 Å². The number of ether oxygens (including phenoxy) is 1. The number of rotatable bonds is 7. The summed E-state index contributed by atoms with van der Waals surface area (Å²) in [7, 11) is 1.53. The number of amides is 1. The van der Waals surface area contributed by atoms with Crippen LogP contribution >= 0.6 is 0 Å². The highest BCUT2D eigenvalue weighted by Crippen LogP contribution is 2.30. The molecule has 0 saturated carbocycles. The predicted molar refractivity (Wildman–Crippen MR) is 110 cm³/mol. The molecule has 0 atom stereocenters. The molecule has 3 rings (SSSR count). The lowest BCUT2D eigenvalue weighted by Crippen LogP contribution is -2.34. The summed E-state index contributed by atoms with van der Waals surface area (Å²) in [6, 6.07) is 8.59. The molecule has 150 valence electrons. The number of likely N-dealkylation sites (N-methyl/N-ethyl adjacent to an activating group) is 1. The number of nitrogens with zero attached hydrogens (tertiary/aromatic N) is 2. The number of aryl methyl sites for hydroxylation is 1. The van der Waals surface area contributed by atoms with Crippen molar-refractivity contribution in [3.63, 3.8) is 0 Å². The molecule has 1 amide bonds. The zero-order valence-electron chi connectivity index (χ0n) is 16.7. The van der Waals surface area contributed by atoms with Gasteiger partial charge >= 0.3 is 5.97 Å². The van der Waals surface area contributed by atoms with E-state index in [1.54, 1.807) is 0 Å². The van der Waals surface area contributed by atoms with Gasteiger partial charge in [0, 0.05) is 38.1 Å². The quantitative estimate of drug-likeness (QED) is 0.744. The number of piperidine rings is 1. The molecular formula is C22H29N3O3. The maximum atomic E-state index is 11.7. The fourth-order valence-electron chi connectivity index (χ4n) is 3.79. The molecule has 2 aromatic rings. The minimum Gasteiger partial charge on any atom is -0.456 e. The van der Waals surface area contributed by atoms with Crippen molar-refractivity contribution < 1.29 is 14.3 Å². The van der Waals surface area contributed by atoms with Crippen LogP contribution in [0.1, 0.15) is 37.7 Å². The van der Waals surface area contributed by atoms with E-state index in [9.17, 15) is 9.59 Å². The molecular weight excluding hydrogens is 354 g/mol. The van der Waals surface area contributed by atoms with Crippen molar-refractivity contribution in [2.45, 2.75) is 39.0 Å². The van der Waals surface area contributed by atoms with E-state index >= 15 is 0 Å². The third-order valence-corrected chi connectivity index (χ3v) is 5.45. The highest BCUT2D eigenvalue weighted by atomic mass is 16.5. The second kappa shape index (κ2) is 9.53. The summed E-state index contributed by atoms with van der Waals surface area (Å²) in [6.07, 6.45) is 6.32. The first-order valence-electron chi connectivity index (χ1n) is 10.0. The van der Waals surface area contributed by atoms with Gasteiger partial charge in [0.1, 0.15) is 5.82 Å². The van der Waals surface area contributed by atoms with Crippen LogP contribution in [0.25, 0.3) is 10.8 Å². The van der Waals surface area contributed by atoms with Gasteiger partial charge in [-0.1, -0.05) is 23.8 Å². The third-order valence-electron chi connectivity index (χ3n) is 5.45. The highest BCUT2D eigenvalue weighted by molar-refractivity contribution is 5.92. The Morgan fingerprint density at radius 2 is 2.04 bits per heavy atom. The number of hydrogen-bond acceptors (Lipinski definition) is 5. The topological polar surface area (TPSA) is 71.5 Å². The van der Waals surface area contributed by atoms with Gasteiger partial charge < -0.3 is 15.0 Å². The van der Waals surface area contributed by atoms with Gasteiger partial charge in [-0.05, 0) is 50.0 Å². The molecule has 1 aliphatic heterocycles. The molecule has 0 radical (unpaired) electrons. The van der Waals surface area contributed by atoms with Crippen LogP contribution < -0.4 is 10.2 Å². The van der Waals surface area contributed by atoms with Crippen LogP contribution in [0.4, 0.5) is 5.82 Å². The van der Waals surface area contributed by atoms with Crippen LogP contribution in [0.3, 0.4) is 0 Å². The zero-order chi connectivity index (χ0) is 19.9. The Labute approximate surface area is 166 Å². The molecule has 0 spiro atoms. The fraction of sp³-hybridized carbons (Fsp3) is 0.500. The number of benzene rings is 1. The minimum atomic E-state index is -0.295. The van der Waals surface area contributed by atoms with Crippen LogP contribution in [0, 0.1) is 12.8 Å². The summed E-state index contributed by atoms with van der Waals surface area (Å²) in [5, 5.41) is 4.89. The van der Waals surface area contributed by atoms with Gasteiger partial charge in [0.25, 0.3) is 5.91 Å². The Morgan fingerprint density at radius 3 is 2.79 bits per heavy atom. The summed E-state index contributed by atoms with van der Waals surface area (Å²) in [5.74, 6) is 1.13. The maximum absolute atomic E-state index is 11.7. The van der Waals surface area contributed by atoms with Crippen LogP contribution in [0.2, 0.25) is 0 Å². The van der Waals surface area contributed by atoms with E-state index < -0.39 is 0 Å². The number of carbonyl (C=O) groups is 2. The number of anilines is 1. The predicted octanol–water partition coefficient (Wildman–Crippen LogP) is 3.22. The monoisotopic (exact) mass is 383 g/mol. The lowest BCUT2D eigenvalue weighted by atomic mass is 9.91. The number of hydrogen-bond donors (Lipinski definition) is 1. The van der Waals surface area contributed by atoms with Crippen molar-refractivity contribution in [2.24, 2.45) is 5.92 Å². The van der Waals surface area contributed by atoms with Gasteiger partial charge in [0.2, 0.25) is 0 Å². The summed E-state index contributed by atoms with van der Waals surface area (Å²) in [4.78, 5) is 29.8. The van der Waals surface area contributed by atoms with Crippen LogP contribution in [0.15, 0.2) is 30.5 Å². The molecule has 6 heteroatoms. The van der Waals surface area contributed by atoms with Crippen molar-refractivity contribution in [2.75, 3.05) is 31.6 Å². The van der Waals surface area contributed by atoms with Gasteiger partial charge in [-0.15, -0.1) is 0 Å². The Morgan fingerprint density at radius 1 is 1.25 bits per heavy atom. The molecule has 28 heavy (non-hydrogen) atoms. The molecule has 6 nitrogen and oxygen atoms in total. The van der Waals surface area contributed by atoms with E-state index in [4.69, 9.17) is 4.74 Å². The van der Waals surface area contributed by atoms with E-state index in [1.165, 1.54) is 23.4 Å². The normalized spacial score (nSPS) is 14.9. The molecule has 1 N–H and O–H groups in total. The van der Waals surface area contributed by atoms with Crippen molar-refractivity contribution in [3.05, 3.63) is 36.0 Å². The Kier molecular flexibility index (Phi) is 6.85. The summed E-state index contributed by atoms with van der Waals surface area (Å²) >= 11 is 0. The average molecular weight is 383 g/mol. The molecule has 0 aliphatic carbocycles. The Balaban J connectivity index is 1.45. The number of esters is 1. The number of carbonyl (C=O) groups excluding carboxylic acids is 2. The van der Waals surface area contributed by atoms with E-state index in [2.05, 4.69) is 46.4 Å². The van der Waals surface area contributed by atoms with Crippen molar-refractivity contribution in [1.29, 1.82) is 0 Å². The molecule has 1 aromatic heterocycles. The van der Waals surface area contributed by atoms with E-state index in [1.807, 2.05) is 6.20 Å². The second-order valence-electron chi connectivity index (χ2n) is 7.52. The van der Waals surface area contributed by atoms with Crippen molar-refractivity contribution in [1.82, 2.24) is 10.3 Å². The average Bonchev–Trinajstić information content (AvgIpc) is 2.72. The summed E-state index contributed by atoms with van der Waals surface area (Å²) in [5.41, 5.74) is 1.26. The van der Waals surface area contributed by atoms with Gasteiger partial charge in [-0.2, -0.15) is 0 Å². The number of pyridine rings is 1. The third kappa shape index (κ3) is 5.21. The number of nitrogens with one attached hydrogen (secondary N) is 1. The zero-order valence-corrected chi connectivity index (χ0v) is 16.7. The summed E-state index contributed by atoms with van der Waals surface area (Å²) < 4.78 is 4.94. The number of aromatic nitrogens is 1. The van der Waals surface area contributed by atoms with Crippen molar-refractivity contribution >= 4 is 28.5 Å². The SMILES string of the molecule is CNC(=O)COC(=O)CCCC1CCN(c2nccc3cc(C)ccc23)CC1. The molecule has 1 aliphatic rings. The van der Waals surface area contributed by atoms with Gasteiger partial charge in [-0.3, -0.25) is 9.59 Å². The molecule has 2 heterocycles. The molecule has 1 saturated heterocycles. The number of fused-ring (bicyclic) bond motifs is 1. The van der Waals surface area contributed by atoms with Crippen molar-refractivity contribution in [3.8, 4) is 0 Å². The van der Waals surface area contributed by atoms with E-state index in [0.29, 0.717) is 12.3 Å². The Hall–Kier alpha value is -2.63. The highest BCUT2D eigenvalue weighted by Gasteiger charge is 2.21. The molecule has 1 aromatic carbocycles. The lowest BCUT2D eigenvalue weighted by Gasteiger charge is -2.33. The first kappa shape index (κ1) is 20.1. The van der Waals surface area contributed by atoms with Gasteiger partial charge in [-0.25, -0.2) is 4.98 Å². The van der Waals surface area contributed by atoms with E-state index in [-0.39, 0.29) is 18.5 Å². The summed E-state index contributed by atoms with van der Waals surface area (Å²) in [6.45, 7) is 3.90. The van der Waals surface area contributed by atoms with Gasteiger partial charge in [0.15, 0.2) is 6.61 Å². The first-order valence-corrected chi connectivity index (χ1v) is 10.0. The maximum Gasteiger partial charge on any atom is 0.306 e. The smallest absolute Gasteiger partial charge is 0.306 e. The standard InChI is InChI=1S/C22H29N3O3/c1-16-6-7-19-18(14-16)8-11-24-22(19)25-12-9-17(10-13-25)4-3-5-21(27)28-15-20(26)23-2/h6-8,11,14,17H,3-5,9-10,12-13,15H2,1-2H3,(H,23,26). The Bertz CT molecular complexity index is 829. The second-order valence-corrected chi connectivity index (χ2v) is 7.52. The largest absolute Gasteiger partial charge is 0.456 e. The van der Waals surface area contributed by atoms with Crippen LogP contribution in [0.5, 0.6) is 0 Å². The molecule has 0 unspecified atom stereocenters. The van der Waals surface area contributed by atoms with Crippen LogP contribution in [-0.2, 0) is 14.3 Å². The minimum absolute atomic E-state index is 0.189.